The average Bonchev–Trinajstić information content (AvgIpc) is 3.04. The molecule has 1 aliphatic rings. The smallest absolute Gasteiger partial charge is 0.300 e. The first-order valence-corrected chi connectivity index (χ1v) is 11.9. The Hall–Kier alpha value is -3.34. The molecule has 1 heterocycles. The molecule has 168 valence electrons. The average molecular weight is 531 g/mol. The van der Waals surface area contributed by atoms with Crippen molar-refractivity contribution in [2.24, 2.45) is 5.14 Å². The van der Waals surface area contributed by atoms with E-state index in [2.05, 4.69) is 15.9 Å². The monoisotopic (exact) mass is 530 g/mol. The van der Waals surface area contributed by atoms with Gasteiger partial charge in [0.1, 0.15) is 11.6 Å². The first-order valence-electron chi connectivity index (χ1n) is 9.54. The quantitative estimate of drug-likeness (QED) is 0.301. The Bertz CT molecular complexity index is 1400. The number of carbonyl (C=O) groups excluding carboxylic acids is 2. The van der Waals surface area contributed by atoms with Gasteiger partial charge in [0.05, 0.1) is 16.5 Å². The Kier molecular flexibility index (Phi) is 5.91. The van der Waals surface area contributed by atoms with E-state index < -0.39 is 39.3 Å². The van der Waals surface area contributed by atoms with Crippen molar-refractivity contribution >= 4 is 49.1 Å². The number of Topliss-reactive ketones (excluding diaryl/α,β-unsaturated/α-hetero) is 1. The summed E-state index contributed by atoms with van der Waals surface area (Å²) in [6, 6.07) is 15.6. The molecule has 33 heavy (non-hydrogen) atoms. The molecule has 3 N–H and O–H groups in total. The van der Waals surface area contributed by atoms with Crippen LogP contribution in [0.5, 0.6) is 0 Å². The lowest BCUT2D eigenvalue weighted by Crippen LogP contribution is -2.30. The molecule has 3 aromatic carbocycles. The number of primary sulfonamides is 1. The van der Waals surface area contributed by atoms with Crippen molar-refractivity contribution < 1.29 is 27.5 Å². The fraction of sp³-hybridized carbons (Fsp3) is 0.0435. The maximum absolute atomic E-state index is 14.8. The third-order valence-corrected chi connectivity index (χ3v) is 6.66. The predicted molar refractivity (Wildman–Crippen MR) is 123 cm³/mol. The lowest BCUT2D eigenvalue weighted by Gasteiger charge is -2.25. The van der Waals surface area contributed by atoms with E-state index in [9.17, 15) is 27.5 Å². The molecule has 1 fully saturated rings. The molecular formula is C23H16BrFN2O5S. The second kappa shape index (κ2) is 8.54. The van der Waals surface area contributed by atoms with E-state index in [-0.39, 0.29) is 27.3 Å². The topological polar surface area (TPSA) is 118 Å². The van der Waals surface area contributed by atoms with Crippen molar-refractivity contribution in [3.63, 3.8) is 0 Å². The third kappa shape index (κ3) is 4.20. The number of ketones is 1. The lowest BCUT2D eigenvalue weighted by molar-refractivity contribution is -0.132. The van der Waals surface area contributed by atoms with Crippen LogP contribution in [0.2, 0.25) is 0 Å². The van der Waals surface area contributed by atoms with Crippen LogP contribution in [0.3, 0.4) is 0 Å². The molecule has 0 bridgehead atoms. The summed E-state index contributed by atoms with van der Waals surface area (Å²) in [5.74, 6) is -3.14. The van der Waals surface area contributed by atoms with Gasteiger partial charge in [0.2, 0.25) is 10.0 Å². The van der Waals surface area contributed by atoms with E-state index in [1.54, 1.807) is 30.3 Å². The molecule has 4 rings (SSSR count). The molecule has 0 radical (unpaired) electrons. The van der Waals surface area contributed by atoms with E-state index >= 15 is 0 Å². The first-order chi connectivity index (χ1) is 15.6. The number of aliphatic hydroxyl groups excluding tert-OH is 1. The highest BCUT2D eigenvalue weighted by molar-refractivity contribution is 9.10. The van der Waals surface area contributed by atoms with Crippen LogP contribution in [-0.2, 0) is 19.6 Å². The number of hydrogen-bond donors (Lipinski definition) is 2. The molecular weight excluding hydrogens is 515 g/mol. The molecule has 0 spiro atoms. The second-order valence-electron chi connectivity index (χ2n) is 7.24. The van der Waals surface area contributed by atoms with Crippen LogP contribution in [0.15, 0.2) is 87.7 Å². The Morgan fingerprint density at radius 2 is 1.58 bits per heavy atom. The van der Waals surface area contributed by atoms with E-state index in [4.69, 9.17) is 5.14 Å². The number of sulfonamides is 1. The van der Waals surface area contributed by atoms with Gasteiger partial charge in [-0.15, -0.1) is 0 Å². The number of benzene rings is 3. The largest absolute Gasteiger partial charge is 0.507 e. The molecule has 0 aliphatic carbocycles. The lowest BCUT2D eigenvalue weighted by atomic mass is 9.94. The van der Waals surface area contributed by atoms with Crippen molar-refractivity contribution in [2.45, 2.75) is 10.9 Å². The number of amides is 1. The number of nitrogens with zero attached hydrogens (tertiary/aromatic N) is 1. The summed E-state index contributed by atoms with van der Waals surface area (Å²) >= 11 is 3.29. The summed E-state index contributed by atoms with van der Waals surface area (Å²) in [6.07, 6.45) is 0. The van der Waals surface area contributed by atoms with Crippen LogP contribution in [-0.4, -0.2) is 25.2 Å². The molecule has 1 unspecified atom stereocenters. The Balaban J connectivity index is 1.94. The fourth-order valence-electron chi connectivity index (χ4n) is 3.65. The molecule has 1 amide bonds. The highest BCUT2D eigenvalue weighted by Gasteiger charge is 2.47. The van der Waals surface area contributed by atoms with Crippen LogP contribution in [0, 0.1) is 5.82 Å². The Labute approximate surface area is 197 Å². The van der Waals surface area contributed by atoms with Crippen LogP contribution in [0.25, 0.3) is 5.76 Å². The maximum Gasteiger partial charge on any atom is 0.300 e. The fourth-order valence-corrected chi connectivity index (χ4v) is 4.43. The zero-order valence-corrected chi connectivity index (χ0v) is 19.2. The number of rotatable bonds is 4. The van der Waals surface area contributed by atoms with Gasteiger partial charge in [-0.2, -0.15) is 0 Å². The second-order valence-corrected chi connectivity index (χ2v) is 9.71. The van der Waals surface area contributed by atoms with E-state index in [1.807, 2.05) is 0 Å². The number of hydrogen-bond acceptors (Lipinski definition) is 5. The van der Waals surface area contributed by atoms with Gasteiger partial charge in [0.25, 0.3) is 11.7 Å². The molecule has 7 nitrogen and oxygen atoms in total. The van der Waals surface area contributed by atoms with Gasteiger partial charge >= 0.3 is 0 Å². The minimum atomic E-state index is -3.99. The normalized spacial score (nSPS) is 18.0. The van der Waals surface area contributed by atoms with Gasteiger partial charge in [-0.1, -0.05) is 46.3 Å². The Morgan fingerprint density at radius 3 is 2.15 bits per heavy atom. The van der Waals surface area contributed by atoms with Gasteiger partial charge in [-0.05, 0) is 42.5 Å². The zero-order valence-electron chi connectivity index (χ0n) is 16.8. The number of anilines is 1. The predicted octanol–water partition coefficient (Wildman–Crippen LogP) is 3.86. The molecule has 3 aromatic rings. The number of nitrogens with two attached hydrogens (primary N) is 1. The van der Waals surface area contributed by atoms with Gasteiger partial charge in [-0.25, -0.2) is 17.9 Å². The van der Waals surface area contributed by atoms with Gasteiger partial charge in [0.15, 0.2) is 0 Å². The minimum absolute atomic E-state index is 0.00844. The van der Waals surface area contributed by atoms with Crippen molar-refractivity contribution in [1.82, 2.24) is 0 Å². The van der Waals surface area contributed by atoms with Crippen LogP contribution in [0.4, 0.5) is 10.1 Å². The highest BCUT2D eigenvalue weighted by Crippen LogP contribution is 2.43. The maximum atomic E-state index is 14.8. The molecule has 1 saturated heterocycles. The van der Waals surface area contributed by atoms with Crippen LogP contribution in [0.1, 0.15) is 17.2 Å². The van der Waals surface area contributed by atoms with Crippen molar-refractivity contribution in [1.29, 1.82) is 0 Å². The summed E-state index contributed by atoms with van der Waals surface area (Å²) < 4.78 is 38.7. The molecule has 1 aliphatic heterocycles. The third-order valence-electron chi connectivity index (χ3n) is 5.21. The summed E-state index contributed by atoms with van der Waals surface area (Å²) in [5.41, 5.74) is 0.101. The minimum Gasteiger partial charge on any atom is -0.507 e. The van der Waals surface area contributed by atoms with Gasteiger partial charge < -0.3 is 5.11 Å². The SMILES string of the molecule is NS(=O)(=O)c1ccc(N2C(=O)C(=O)C(=C(O)c3ccc(Br)cc3)C2c2ccccc2F)cc1. The molecule has 0 aromatic heterocycles. The number of carbonyl (C=O) groups is 2. The number of halogens is 2. The number of aliphatic hydroxyl groups is 1. The van der Waals surface area contributed by atoms with Gasteiger partial charge in [0, 0.05) is 21.3 Å². The van der Waals surface area contributed by atoms with Crippen molar-refractivity contribution in [3.8, 4) is 0 Å². The standard InChI is InChI=1S/C23H16BrFN2O5S/c24-14-7-5-13(6-8-14)21(28)19-20(17-3-1-2-4-18(17)25)27(23(30)22(19)29)15-9-11-16(12-10-15)33(26,31)32/h1-12,20,28H,(H2,26,31,32). The van der Waals surface area contributed by atoms with Crippen molar-refractivity contribution in [3.05, 3.63) is 99.8 Å². The molecule has 0 saturated carbocycles. The summed E-state index contributed by atoms with van der Waals surface area (Å²) in [4.78, 5) is 26.9. The highest BCUT2D eigenvalue weighted by atomic mass is 79.9. The Morgan fingerprint density at radius 1 is 0.970 bits per heavy atom. The van der Waals surface area contributed by atoms with E-state index in [0.29, 0.717) is 0 Å². The van der Waals surface area contributed by atoms with Gasteiger partial charge in [-0.3, -0.25) is 14.5 Å². The molecule has 1 atom stereocenters. The molecule has 10 heteroatoms. The zero-order chi connectivity index (χ0) is 23.9. The first kappa shape index (κ1) is 22.8. The van der Waals surface area contributed by atoms with Crippen molar-refractivity contribution in [2.75, 3.05) is 4.90 Å². The van der Waals surface area contributed by atoms with E-state index in [1.165, 1.54) is 42.5 Å². The summed E-state index contributed by atoms with van der Waals surface area (Å²) in [6.45, 7) is 0. The summed E-state index contributed by atoms with van der Waals surface area (Å²) in [7, 11) is -3.99. The van der Waals surface area contributed by atoms with Crippen LogP contribution < -0.4 is 10.0 Å². The summed E-state index contributed by atoms with van der Waals surface area (Å²) in [5, 5.41) is 16.1. The van der Waals surface area contributed by atoms with Crippen LogP contribution >= 0.6 is 15.9 Å². The van der Waals surface area contributed by atoms with E-state index in [0.717, 1.165) is 9.37 Å².